The van der Waals surface area contributed by atoms with Crippen LogP contribution in [-0.2, 0) is 6.54 Å². The van der Waals surface area contributed by atoms with E-state index in [2.05, 4.69) is 5.32 Å². The van der Waals surface area contributed by atoms with Crippen molar-refractivity contribution < 1.29 is 19.4 Å². The van der Waals surface area contributed by atoms with Gasteiger partial charge in [-0.05, 0) is 44.9 Å². The molecule has 2 N–H and O–H groups in total. The van der Waals surface area contributed by atoms with Crippen LogP contribution in [0.1, 0.15) is 37.0 Å². The van der Waals surface area contributed by atoms with Crippen molar-refractivity contribution in [2.75, 3.05) is 20.3 Å². The number of aromatic nitrogens is 1. The van der Waals surface area contributed by atoms with Gasteiger partial charge in [-0.1, -0.05) is 0 Å². The molecule has 2 aromatic rings. The smallest absolute Gasteiger partial charge is 0.264 e. The molecule has 144 valence electrons. The number of hydrogen-bond donors (Lipinski definition) is 2. The van der Waals surface area contributed by atoms with E-state index in [-0.39, 0.29) is 23.1 Å². The van der Waals surface area contributed by atoms with Crippen molar-refractivity contribution in [3.8, 4) is 11.5 Å². The van der Waals surface area contributed by atoms with Gasteiger partial charge in [-0.25, -0.2) is 0 Å². The van der Waals surface area contributed by atoms with E-state index in [4.69, 9.17) is 9.47 Å². The third-order valence-corrected chi connectivity index (χ3v) is 5.46. The molecular formula is C20H24N2O5. The van der Waals surface area contributed by atoms with Gasteiger partial charge in [-0.2, -0.15) is 0 Å². The van der Waals surface area contributed by atoms with Gasteiger partial charge >= 0.3 is 0 Å². The minimum absolute atomic E-state index is 0.0553. The number of carbonyl (C=O) groups is 1. The lowest BCUT2D eigenvalue weighted by atomic mass is 10.0. The van der Waals surface area contributed by atoms with E-state index in [0.29, 0.717) is 30.2 Å². The molecule has 27 heavy (non-hydrogen) atoms. The van der Waals surface area contributed by atoms with E-state index < -0.39 is 11.4 Å². The van der Waals surface area contributed by atoms with Crippen molar-refractivity contribution in [3.63, 3.8) is 0 Å². The zero-order chi connectivity index (χ0) is 19.4. The third kappa shape index (κ3) is 2.96. The monoisotopic (exact) mass is 372 g/mol. The van der Waals surface area contributed by atoms with Crippen LogP contribution in [0.3, 0.4) is 0 Å². The summed E-state index contributed by atoms with van der Waals surface area (Å²) in [7, 11) is 1.57. The van der Waals surface area contributed by atoms with Crippen LogP contribution in [0.15, 0.2) is 23.0 Å². The van der Waals surface area contributed by atoms with Crippen LogP contribution in [0.4, 0.5) is 0 Å². The molecule has 1 saturated carbocycles. The topological polar surface area (TPSA) is 89.8 Å². The number of pyridine rings is 1. The summed E-state index contributed by atoms with van der Waals surface area (Å²) in [5.41, 5.74) is -0.484. The molecule has 1 aromatic heterocycles. The number of nitrogens with zero attached hydrogens (tertiary/aromatic N) is 1. The highest BCUT2D eigenvalue weighted by Crippen LogP contribution is 2.50. The highest BCUT2D eigenvalue weighted by atomic mass is 16.5. The summed E-state index contributed by atoms with van der Waals surface area (Å²) in [6.45, 7) is 4.23. The molecule has 0 unspecified atom stereocenters. The number of aliphatic hydroxyl groups excluding tert-OH is 1. The second-order valence-corrected chi connectivity index (χ2v) is 8.27. The summed E-state index contributed by atoms with van der Waals surface area (Å²) in [5, 5.41) is 12.9. The molecular weight excluding hydrogens is 348 g/mol. The standard InChI is InChI=1S/C20H24N2O5/c1-19(2,10-23)21-17(24)13-8-12-4-5-14(26-3)16-15(12)22(18(13)25)9-20(6-7-20)11-27-16/h4-5,8,23H,6-7,9-11H2,1-3H3,(H,21,24). The van der Waals surface area contributed by atoms with Crippen LogP contribution in [-0.4, -0.2) is 41.4 Å². The Morgan fingerprint density at radius 1 is 1.41 bits per heavy atom. The SMILES string of the molecule is COc1ccc2cc(C(=O)NC(C)(C)CO)c(=O)n3c2c1OCC1(CC1)C3. The van der Waals surface area contributed by atoms with Crippen LogP contribution in [0.5, 0.6) is 11.5 Å². The number of aliphatic hydroxyl groups is 1. The molecule has 1 spiro atoms. The Morgan fingerprint density at radius 3 is 2.78 bits per heavy atom. The second kappa shape index (κ2) is 5.99. The number of rotatable bonds is 4. The van der Waals surface area contributed by atoms with E-state index in [1.165, 1.54) is 0 Å². The van der Waals surface area contributed by atoms with Gasteiger partial charge in [0.25, 0.3) is 11.5 Å². The van der Waals surface area contributed by atoms with E-state index in [1.807, 2.05) is 6.07 Å². The molecule has 0 saturated heterocycles. The first kappa shape index (κ1) is 17.9. The lowest BCUT2D eigenvalue weighted by molar-refractivity contribution is 0.0867. The number of amides is 1. The summed E-state index contributed by atoms with van der Waals surface area (Å²) in [6, 6.07) is 5.21. The number of hydrogen-bond acceptors (Lipinski definition) is 5. The molecule has 7 heteroatoms. The molecule has 0 bridgehead atoms. The number of nitrogens with one attached hydrogen (secondary N) is 1. The zero-order valence-corrected chi connectivity index (χ0v) is 15.8. The van der Waals surface area contributed by atoms with Crippen LogP contribution >= 0.6 is 0 Å². The van der Waals surface area contributed by atoms with Gasteiger partial charge in [-0.3, -0.25) is 9.59 Å². The van der Waals surface area contributed by atoms with Gasteiger partial charge in [0.1, 0.15) is 5.56 Å². The average Bonchev–Trinajstić information content (AvgIpc) is 3.43. The highest BCUT2D eigenvalue weighted by Gasteiger charge is 2.46. The Balaban J connectivity index is 1.91. The molecule has 0 atom stereocenters. The summed E-state index contributed by atoms with van der Waals surface area (Å²) in [4.78, 5) is 26.0. The van der Waals surface area contributed by atoms with E-state index in [0.717, 1.165) is 18.2 Å². The van der Waals surface area contributed by atoms with Gasteiger partial charge < -0.3 is 24.5 Å². The van der Waals surface area contributed by atoms with Crippen molar-refractivity contribution in [2.24, 2.45) is 5.41 Å². The molecule has 1 aliphatic heterocycles. The summed E-state index contributed by atoms with van der Waals surface area (Å²) < 4.78 is 13.1. The van der Waals surface area contributed by atoms with Crippen molar-refractivity contribution in [2.45, 2.75) is 38.8 Å². The number of carbonyl (C=O) groups excluding carboxylic acids is 1. The minimum Gasteiger partial charge on any atom is -0.493 e. The van der Waals surface area contributed by atoms with Gasteiger partial charge in [0.05, 0.1) is 31.4 Å². The predicted octanol–water partition coefficient (Wildman–Crippen LogP) is 1.68. The Hall–Kier alpha value is -2.54. The van der Waals surface area contributed by atoms with E-state index in [1.54, 1.807) is 37.7 Å². The summed E-state index contributed by atoms with van der Waals surface area (Å²) in [5.74, 6) is 0.641. The molecule has 1 aliphatic carbocycles. The van der Waals surface area contributed by atoms with Crippen molar-refractivity contribution in [1.29, 1.82) is 0 Å². The number of methoxy groups -OCH3 is 1. The maximum atomic E-state index is 13.2. The van der Waals surface area contributed by atoms with Crippen molar-refractivity contribution in [1.82, 2.24) is 9.88 Å². The van der Waals surface area contributed by atoms with Gasteiger partial charge in [0.15, 0.2) is 11.5 Å². The quantitative estimate of drug-likeness (QED) is 0.852. The molecule has 1 amide bonds. The normalized spacial score (nSPS) is 17.3. The predicted molar refractivity (Wildman–Crippen MR) is 101 cm³/mol. The Bertz CT molecular complexity index is 988. The Morgan fingerprint density at radius 2 is 2.15 bits per heavy atom. The first-order valence-corrected chi connectivity index (χ1v) is 9.10. The maximum absolute atomic E-state index is 13.2. The lowest BCUT2D eigenvalue weighted by Crippen LogP contribution is -2.48. The third-order valence-electron chi connectivity index (χ3n) is 5.46. The highest BCUT2D eigenvalue weighted by molar-refractivity contribution is 5.99. The molecule has 0 radical (unpaired) electrons. The second-order valence-electron chi connectivity index (χ2n) is 8.27. The molecule has 1 fully saturated rings. The van der Waals surface area contributed by atoms with Crippen molar-refractivity contribution >= 4 is 16.8 Å². The summed E-state index contributed by atoms with van der Waals surface area (Å²) >= 11 is 0. The van der Waals surface area contributed by atoms with E-state index in [9.17, 15) is 14.7 Å². The first-order chi connectivity index (χ1) is 12.8. The fourth-order valence-electron chi connectivity index (χ4n) is 3.54. The number of ether oxygens (including phenoxy) is 2. The van der Waals surface area contributed by atoms with Crippen LogP contribution in [0.25, 0.3) is 10.9 Å². The average molecular weight is 372 g/mol. The van der Waals surface area contributed by atoms with Crippen LogP contribution in [0.2, 0.25) is 0 Å². The fraction of sp³-hybridized carbons (Fsp3) is 0.500. The molecule has 4 rings (SSSR count). The molecule has 1 aromatic carbocycles. The molecule has 2 heterocycles. The Kier molecular flexibility index (Phi) is 3.96. The van der Waals surface area contributed by atoms with E-state index >= 15 is 0 Å². The van der Waals surface area contributed by atoms with Gasteiger partial charge in [0.2, 0.25) is 0 Å². The van der Waals surface area contributed by atoms with Crippen LogP contribution < -0.4 is 20.3 Å². The fourth-order valence-corrected chi connectivity index (χ4v) is 3.54. The zero-order valence-electron chi connectivity index (χ0n) is 15.8. The molecule has 2 aliphatic rings. The van der Waals surface area contributed by atoms with Crippen molar-refractivity contribution in [3.05, 3.63) is 34.1 Å². The minimum atomic E-state index is -0.816. The maximum Gasteiger partial charge on any atom is 0.264 e. The lowest BCUT2D eigenvalue weighted by Gasteiger charge is -2.23. The summed E-state index contributed by atoms with van der Waals surface area (Å²) in [6.07, 6.45) is 1.98. The largest absolute Gasteiger partial charge is 0.493 e. The van der Waals surface area contributed by atoms with Gasteiger partial charge in [-0.15, -0.1) is 0 Å². The van der Waals surface area contributed by atoms with Gasteiger partial charge in [0, 0.05) is 17.3 Å². The number of benzene rings is 1. The molecule has 7 nitrogen and oxygen atoms in total. The first-order valence-electron chi connectivity index (χ1n) is 9.10. The van der Waals surface area contributed by atoms with Crippen LogP contribution in [0, 0.1) is 5.41 Å². The Labute approximate surface area is 156 Å².